The van der Waals surface area contributed by atoms with Crippen molar-refractivity contribution in [3.63, 3.8) is 0 Å². The molecule has 0 bridgehead atoms. The summed E-state index contributed by atoms with van der Waals surface area (Å²) in [6.07, 6.45) is 0. The number of nitrogens with zero attached hydrogens (tertiary/aromatic N) is 2. The fourth-order valence-electron chi connectivity index (χ4n) is 1.06. The van der Waals surface area contributed by atoms with Gasteiger partial charge in [-0.2, -0.15) is 0 Å². The molecule has 0 fully saturated rings. The second kappa shape index (κ2) is 3.38. The van der Waals surface area contributed by atoms with Crippen molar-refractivity contribution in [3.05, 3.63) is 47.8 Å². The molecule has 0 saturated carbocycles. The van der Waals surface area contributed by atoms with Crippen LogP contribution in [0.1, 0.15) is 0 Å². The van der Waals surface area contributed by atoms with E-state index in [4.69, 9.17) is 6.57 Å². The highest BCUT2D eigenvalue weighted by Gasteiger charge is 2.01. The van der Waals surface area contributed by atoms with Crippen molar-refractivity contribution in [2.75, 3.05) is 0 Å². The van der Waals surface area contributed by atoms with E-state index in [2.05, 4.69) is 9.22 Å². The normalized spacial score (nSPS) is 9.46. The zero-order chi connectivity index (χ0) is 9.10. The van der Waals surface area contributed by atoms with Crippen LogP contribution < -0.4 is 0 Å². The van der Waals surface area contributed by atoms with E-state index in [0.29, 0.717) is 5.00 Å². The van der Waals surface area contributed by atoms with Crippen LogP contribution in [0, 0.1) is 6.57 Å². The van der Waals surface area contributed by atoms with Gasteiger partial charge in [0.05, 0.1) is 12.3 Å². The molecule has 2 aromatic rings. The molecular weight excluding hydrogens is 180 g/mol. The Morgan fingerprint density at radius 3 is 2.62 bits per heavy atom. The Morgan fingerprint density at radius 1 is 1.23 bits per heavy atom. The summed E-state index contributed by atoms with van der Waals surface area (Å²) in [5, 5.41) is 0.638. The van der Waals surface area contributed by atoms with Gasteiger partial charge in [0, 0.05) is 0 Å². The van der Waals surface area contributed by atoms with Crippen LogP contribution in [-0.2, 0) is 0 Å². The van der Waals surface area contributed by atoms with E-state index in [9.17, 15) is 0 Å². The molecule has 13 heavy (non-hydrogen) atoms. The van der Waals surface area contributed by atoms with E-state index in [0.717, 1.165) is 11.3 Å². The molecule has 1 aromatic carbocycles. The van der Waals surface area contributed by atoms with Gasteiger partial charge in [0.2, 0.25) is 0 Å². The highest BCUT2D eigenvalue weighted by Crippen LogP contribution is 2.26. The van der Waals surface area contributed by atoms with E-state index in [1.807, 2.05) is 36.4 Å². The van der Waals surface area contributed by atoms with Crippen LogP contribution in [0.15, 0.2) is 36.4 Å². The van der Waals surface area contributed by atoms with Crippen molar-refractivity contribution < 1.29 is 0 Å². The maximum absolute atomic E-state index is 6.81. The summed E-state index contributed by atoms with van der Waals surface area (Å²) in [4.78, 5) is 3.32. The van der Waals surface area contributed by atoms with Crippen molar-refractivity contribution in [1.29, 1.82) is 0 Å². The summed E-state index contributed by atoms with van der Waals surface area (Å²) < 4.78 is 4.19. The molecular formula is C10H6N2S. The van der Waals surface area contributed by atoms with Crippen LogP contribution in [0.2, 0.25) is 0 Å². The molecule has 0 saturated heterocycles. The Morgan fingerprint density at radius 2 is 2.00 bits per heavy atom. The van der Waals surface area contributed by atoms with E-state index < -0.39 is 0 Å². The van der Waals surface area contributed by atoms with Crippen molar-refractivity contribution in [1.82, 2.24) is 4.37 Å². The van der Waals surface area contributed by atoms with Crippen LogP contribution in [0.3, 0.4) is 0 Å². The van der Waals surface area contributed by atoms with Crippen LogP contribution in [-0.4, -0.2) is 4.37 Å². The van der Waals surface area contributed by atoms with Gasteiger partial charge >= 0.3 is 0 Å². The van der Waals surface area contributed by atoms with Crippen molar-refractivity contribution in [3.8, 4) is 11.3 Å². The smallest absolute Gasteiger partial charge is 0.225 e. The van der Waals surface area contributed by atoms with E-state index in [1.165, 1.54) is 11.5 Å². The lowest BCUT2D eigenvalue weighted by molar-refractivity contribution is 1.53. The van der Waals surface area contributed by atoms with Gasteiger partial charge in [-0.15, -0.1) is 0 Å². The molecule has 2 rings (SSSR count). The van der Waals surface area contributed by atoms with Gasteiger partial charge in [-0.05, 0) is 11.6 Å². The Labute approximate surface area is 80.5 Å². The number of hydrogen-bond acceptors (Lipinski definition) is 2. The van der Waals surface area contributed by atoms with Gasteiger partial charge < -0.3 is 0 Å². The van der Waals surface area contributed by atoms with Gasteiger partial charge in [0.15, 0.2) is 0 Å². The zero-order valence-electron chi connectivity index (χ0n) is 6.77. The maximum atomic E-state index is 6.81. The standard InChI is InChI=1S/C10H6N2S/c1-11-10-7-9(12-13-10)8-5-3-2-4-6-8/h2-7H. The number of rotatable bonds is 1. The Kier molecular flexibility index (Phi) is 2.07. The van der Waals surface area contributed by atoms with Gasteiger partial charge in [0.1, 0.15) is 0 Å². The molecule has 0 aliphatic heterocycles. The van der Waals surface area contributed by atoms with Crippen LogP contribution >= 0.6 is 11.5 Å². The largest absolute Gasteiger partial charge is 0.260 e. The van der Waals surface area contributed by atoms with E-state index in [1.54, 1.807) is 0 Å². The second-order valence-electron chi connectivity index (χ2n) is 2.53. The summed E-state index contributed by atoms with van der Waals surface area (Å²) in [5.74, 6) is 0. The monoisotopic (exact) mass is 186 g/mol. The van der Waals surface area contributed by atoms with Crippen molar-refractivity contribution in [2.45, 2.75) is 0 Å². The van der Waals surface area contributed by atoms with Crippen molar-refractivity contribution >= 4 is 16.5 Å². The third-order valence-corrected chi connectivity index (χ3v) is 2.36. The average Bonchev–Trinajstić information content (AvgIpc) is 2.67. The van der Waals surface area contributed by atoms with Gasteiger partial charge in [-0.25, -0.2) is 9.22 Å². The first-order valence-corrected chi connectivity index (χ1v) is 4.57. The fraction of sp³-hybridized carbons (Fsp3) is 0. The first-order chi connectivity index (χ1) is 6.40. The molecule has 0 radical (unpaired) electrons. The predicted octanol–water partition coefficient (Wildman–Crippen LogP) is 3.36. The number of benzene rings is 1. The van der Waals surface area contributed by atoms with Crippen molar-refractivity contribution in [2.24, 2.45) is 0 Å². The first kappa shape index (κ1) is 7.96. The summed E-state index contributed by atoms with van der Waals surface area (Å²) >= 11 is 1.24. The molecule has 0 amide bonds. The Bertz CT molecular complexity index is 439. The summed E-state index contributed by atoms with van der Waals surface area (Å²) in [6.45, 7) is 6.81. The third-order valence-electron chi connectivity index (χ3n) is 1.68. The molecule has 1 heterocycles. The average molecular weight is 186 g/mol. The molecule has 62 valence electrons. The third kappa shape index (κ3) is 1.58. The summed E-state index contributed by atoms with van der Waals surface area (Å²) in [6, 6.07) is 11.7. The van der Waals surface area contributed by atoms with E-state index in [-0.39, 0.29) is 0 Å². The Balaban J connectivity index is 2.43. The van der Waals surface area contributed by atoms with Gasteiger partial charge in [-0.1, -0.05) is 41.9 Å². The lowest BCUT2D eigenvalue weighted by atomic mass is 10.2. The fourth-order valence-corrected chi connectivity index (χ4v) is 1.62. The highest BCUT2D eigenvalue weighted by molar-refractivity contribution is 7.10. The summed E-state index contributed by atoms with van der Waals surface area (Å²) in [7, 11) is 0. The number of hydrogen-bond donors (Lipinski definition) is 0. The van der Waals surface area contributed by atoms with E-state index >= 15 is 0 Å². The van der Waals surface area contributed by atoms with Gasteiger partial charge in [0.25, 0.3) is 5.00 Å². The first-order valence-electron chi connectivity index (χ1n) is 3.80. The molecule has 1 aromatic heterocycles. The second-order valence-corrected chi connectivity index (χ2v) is 3.31. The molecule has 3 heteroatoms. The zero-order valence-corrected chi connectivity index (χ0v) is 7.58. The molecule has 2 nitrogen and oxygen atoms in total. The lowest BCUT2D eigenvalue weighted by Gasteiger charge is -1.92. The molecule has 0 N–H and O–H groups in total. The summed E-state index contributed by atoms with van der Waals surface area (Å²) in [5.41, 5.74) is 1.95. The highest BCUT2D eigenvalue weighted by atomic mass is 32.1. The minimum Gasteiger partial charge on any atom is -0.225 e. The minimum absolute atomic E-state index is 0.638. The van der Waals surface area contributed by atoms with Gasteiger partial charge in [-0.3, -0.25) is 0 Å². The van der Waals surface area contributed by atoms with Crippen LogP contribution in [0.5, 0.6) is 0 Å². The maximum Gasteiger partial charge on any atom is 0.260 e. The topological polar surface area (TPSA) is 17.2 Å². The van der Waals surface area contributed by atoms with Crippen LogP contribution in [0.25, 0.3) is 16.1 Å². The quantitative estimate of drug-likeness (QED) is 0.624. The minimum atomic E-state index is 0.638. The molecule has 0 aliphatic carbocycles. The molecule has 0 unspecified atom stereocenters. The SMILES string of the molecule is [C-]#[N+]c1cc(-c2ccccc2)ns1. The lowest BCUT2D eigenvalue weighted by Crippen LogP contribution is -1.72. The predicted molar refractivity (Wildman–Crippen MR) is 53.8 cm³/mol. The number of aromatic nitrogens is 1. The molecule has 0 spiro atoms. The molecule has 0 aliphatic rings. The van der Waals surface area contributed by atoms with Crippen LogP contribution in [0.4, 0.5) is 5.00 Å². The Hall–Kier alpha value is -1.66. The molecule has 0 atom stereocenters.